The number of ether oxygens (including phenoxy) is 1. The highest BCUT2D eigenvalue weighted by Crippen LogP contribution is 2.35. The van der Waals surface area contributed by atoms with Crippen molar-refractivity contribution in [3.05, 3.63) is 101 Å². The van der Waals surface area contributed by atoms with E-state index in [0.29, 0.717) is 16.8 Å². The topological polar surface area (TPSA) is 87.7 Å². The van der Waals surface area contributed by atoms with E-state index in [1.807, 2.05) is 56.3 Å². The van der Waals surface area contributed by atoms with Crippen molar-refractivity contribution in [2.24, 2.45) is 0 Å². The molecular weight excluding hydrogens is 454 g/mol. The summed E-state index contributed by atoms with van der Waals surface area (Å²) < 4.78 is 5.76. The van der Waals surface area contributed by atoms with Crippen LogP contribution in [-0.2, 0) is 16.1 Å². The minimum absolute atomic E-state index is 0.148. The molecule has 2 aliphatic rings. The van der Waals surface area contributed by atoms with Crippen LogP contribution < -0.4 is 10.6 Å². The molecule has 36 heavy (non-hydrogen) atoms. The van der Waals surface area contributed by atoms with Crippen molar-refractivity contribution in [1.29, 1.82) is 0 Å². The Kier molecular flexibility index (Phi) is 6.46. The van der Waals surface area contributed by atoms with Crippen LogP contribution in [0.4, 0.5) is 10.5 Å². The van der Waals surface area contributed by atoms with Crippen LogP contribution in [0, 0.1) is 13.8 Å². The van der Waals surface area contributed by atoms with Crippen molar-refractivity contribution < 1.29 is 19.1 Å². The van der Waals surface area contributed by atoms with Gasteiger partial charge in [0.2, 0.25) is 5.91 Å². The van der Waals surface area contributed by atoms with E-state index in [0.717, 1.165) is 29.5 Å². The molecular formula is C29H29N3O4. The first kappa shape index (κ1) is 23.6. The molecule has 0 spiro atoms. The van der Waals surface area contributed by atoms with Crippen molar-refractivity contribution in [1.82, 2.24) is 10.2 Å². The maximum atomic E-state index is 13.3. The summed E-state index contributed by atoms with van der Waals surface area (Å²) in [4.78, 5) is 40.5. The van der Waals surface area contributed by atoms with E-state index in [1.54, 1.807) is 30.3 Å². The summed E-state index contributed by atoms with van der Waals surface area (Å²) in [5, 5.41) is 5.93. The van der Waals surface area contributed by atoms with Gasteiger partial charge < -0.3 is 15.4 Å². The number of rotatable bonds is 7. The smallest absolute Gasteiger partial charge is 0.411 e. The molecule has 2 fully saturated rings. The number of amides is 3. The number of hydrogen-bond acceptors (Lipinski definition) is 4. The average Bonchev–Trinajstić information content (AvgIpc) is 3.62. The molecule has 0 aromatic heterocycles. The summed E-state index contributed by atoms with van der Waals surface area (Å²) in [6.07, 6.45) is 0.552. The highest BCUT2D eigenvalue weighted by atomic mass is 16.6. The number of carbonyl (C=O) groups is 3. The fourth-order valence-corrected chi connectivity index (χ4v) is 4.32. The normalized spacial score (nSPS) is 19.1. The van der Waals surface area contributed by atoms with Gasteiger partial charge in [0.15, 0.2) is 12.1 Å². The Hall–Kier alpha value is -4.13. The molecule has 2 atom stereocenters. The maximum absolute atomic E-state index is 13.3. The zero-order valence-corrected chi connectivity index (χ0v) is 20.4. The summed E-state index contributed by atoms with van der Waals surface area (Å²) in [5.74, 6) is -0.464. The van der Waals surface area contributed by atoms with Gasteiger partial charge >= 0.3 is 6.09 Å². The van der Waals surface area contributed by atoms with Crippen LogP contribution in [0.15, 0.2) is 72.8 Å². The number of aryl methyl sites for hydroxylation is 2. The van der Waals surface area contributed by atoms with Crippen LogP contribution in [0.25, 0.3) is 0 Å². The highest BCUT2D eigenvalue weighted by molar-refractivity contribution is 6.04. The lowest BCUT2D eigenvalue weighted by Gasteiger charge is -2.24. The molecule has 1 saturated heterocycles. The van der Waals surface area contributed by atoms with Crippen LogP contribution in [0.3, 0.4) is 0 Å². The lowest BCUT2D eigenvalue weighted by molar-refractivity contribution is -0.126. The van der Waals surface area contributed by atoms with Crippen LogP contribution in [0.1, 0.15) is 51.6 Å². The van der Waals surface area contributed by atoms with Crippen LogP contribution in [0.2, 0.25) is 0 Å². The zero-order chi connectivity index (χ0) is 25.2. The van der Waals surface area contributed by atoms with E-state index in [-0.39, 0.29) is 24.4 Å². The molecule has 1 heterocycles. The molecule has 0 unspecified atom stereocenters. The van der Waals surface area contributed by atoms with Crippen molar-refractivity contribution in [2.75, 3.05) is 5.32 Å². The SMILES string of the molecule is Cc1ccc(CN2C(=O)O[C@H](c3cccc(NC(=O)c4ccc(C)cc4)c3)[C@H]2C(=O)NC2CC2)cc1. The molecule has 5 rings (SSSR count). The minimum atomic E-state index is -0.817. The monoisotopic (exact) mass is 483 g/mol. The van der Waals surface area contributed by atoms with Crippen molar-refractivity contribution in [3.63, 3.8) is 0 Å². The van der Waals surface area contributed by atoms with Crippen LogP contribution in [0.5, 0.6) is 0 Å². The van der Waals surface area contributed by atoms with Crippen molar-refractivity contribution in [2.45, 2.75) is 51.4 Å². The third-order valence-corrected chi connectivity index (χ3v) is 6.54. The van der Waals surface area contributed by atoms with E-state index in [1.165, 1.54) is 4.90 Å². The molecule has 0 bridgehead atoms. The van der Waals surface area contributed by atoms with Crippen LogP contribution in [-0.4, -0.2) is 34.9 Å². The molecule has 184 valence electrons. The molecule has 2 N–H and O–H groups in total. The zero-order valence-electron chi connectivity index (χ0n) is 20.4. The van der Waals surface area contributed by atoms with Gasteiger partial charge in [-0.25, -0.2) is 4.79 Å². The Morgan fingerprint density at radius 3 is 2.28 bits per heavy atom. The summed E-state index contributed by atoms with van der Waals surface area (Å²) in [5.41, 5.74) is 4.86. The molecule has 3 aromatic carbocycles. The molecule has 0 radical (unpaired) electrons. The molecule has 7 nitrogen and oxygen atoms in total. The third-order valence-electron chi connectivity index (χ3n) is 6.54. The van der Waals surface area contributed by atoms with Gasteiger partial charge in [-0.2, -0.15) is 0 Å². The maximum Gasteiger partial charge on any atom is 0.411 e. The fourth-order valence-electron chi connectivity index (χ4n) is 4.32. The van der Waals surface area contributed by atoms with Gasteiger partial charge in [-0.15, -0.1) is 0 Å². The van der Waals surface area contributed by atoms with Crippen molar-refractivity contribution >= 4 is 23.6 Å². The van der Waals surface area contributed by atoms with E-state index in [2.05, 4.69) is 10.6 Å². The summed E-state index contributed by atoms with van der Waals surface area (Å²) in [6.45, 7) is 4.23. The van der Waals surface area contributed by atoms with E-state index < -0.39 is 18.2 Å². The number of carbonyl (C=O) groups excluding carboxylic acids is 3. The summed E-state index contributed by atoms with van der Waals surface area (Å²) in [6, 6.07) is 21.6. The van der Waals surface area contributed by atoms with Gasteiger partial charge in [-0.05, 0) is 62.1 Å². The second-order valence-corrected chi connectivity index (χ2v) is 9.59. The van der Waals surface area contributed by atoms with Gasteiger partial charge in [0.1, 0.15) is 0 Å². The quantitative estimate of drug-likeness (QED) is 0.501. The lowest BCUT2D eigenvalue weighted by Crippen LogP contribution is -2.46. The Morgan fingerprint density at radius 2 is 1.61 bits per heavy atom. The van der Waals surface area contributed by atoms with E-state index in [4.69, 9.17) is 4.74 Å². The predicted molar refractivity (Wildman–Crippen MR) is 136 cm³/mol. The summed E-state index contributed by atoms with van der Waals surface area (Å²) in [7, 11) is 0. The van der Waals surface area contributed by atoms with E-state index >= 15 is 0 Å². The van der Waals surface area contributed by atoms with Gasteiger partial charge in [0.25, 0.3) is 5.91 Å². The fraction of sp³-hybridized carbons (Fsp3) is 0.276. The third kappa shape index (κ3) is 5.25. The molecule has 3 aromatic rings. The first-order valence-electron chi connectivity index (χ1n) is 12.2. The number of nitrogens with zero attached hydrogens (tertiary/aromatic N) is 1. The summed E-state index contributed by atoms with van der Waals surface area (Å²) >= 11 is 0. The molecule has 3 amide bonds. The van der Waals surface area contributed by atoms with E-state index in [9.17, 15) is 14.4 Å². The van der Waals surface area contributed by atoms with Crippen LogP contribution >= 0.6 is 0 Å². The number of nitrogens with one attached hydrogen (secondary N) is 2. The van der Waals surface area contributed by atoms with Crippen molar-refractivity contribution in [3.8, 4) is 0 Å². The number of anilines is 1. The Bertz CT molecular complexity index is 1280. The molecule has 1 saturated carbocycles. The average molecular weight is 484 g/mol. The van der Waals surface area contributed by atoms with Gasteiger partial charge in [-0.3, -0.25) is 14.5 Å². The number of hydrogen-bond donors (Lipinski definition) is 2. The minimum Gasteiger partial charge on any atom is -0.438 e. The highest BCUT2D eigenvalue weighted by Gasteiger charge is 2.48. The Labute approximate surface area is 210 Å². The Morgan fingerprint density at radius 1 is 0.944 bits per heavy atom. The van der Waals surface area contributed by atoms with Gasteiger partial charge in [0, 0.05) is 17.3 Å². The standard InChI is InChI=1S/C29H29N3O4/c1-18-6-10-20(11-7-18)17-32-25(28(34)30-23-14-15-23)26(36-29(32)35)22-4-3-5-24(16-22)31-27(33)21-12-8-19(2)9-13-21/h3-13,16,23,25-26H,14-15,17H2,1-2H3,(H,30,34)(H,31,33)/t25-,26+/m0/s1. The van der Waals surface area contributed by atoms with Gasteiger partial charge in [0.05, 0.1) is 6.54 Å². The predicted octanol–water partition coefficient (Wildman–Crippen LogP) is 4.90. The lowest BCUT2D eigenvalue weighted by atomic mass is 10.00. The van der Waals surface area contributed by atoms with Gasteiger partial charge in [-0.1, -0.05) is 59.7 Å². The first-order valence-corrected chi connectivity index (χ1v) is 12.2. The first-order chi connectivity index (χ1) is 17.4. The molecule has 1 aliphatic heterocycles. The number of benzene rings is 3. The molecule has 1 aliphatic carbocycles. The number of cyclic esters (lactones) is 1. The second-order valence-electron chi connectivity index (χ2n) is 9.59. The second kappa shape index (κ2) is 9.85. The Balaban J connectivity index is 1.39. The molecule has 7 heteroatoms. The largest absolute Gasteiger partial charge is 0.438 e.